The fraction of sp³-hybridized carbons (Fsp3) is 0.240. The van der Waals surface area contributed by atoms with Gasteiger partial charge in [-0.25, -0.2) is 9.40 Å². The van der Waals surface area contributed by atoms with E-state index in [0.717, 1.165) is 0 Å². The molecule has 0 bridgehead atoms. The van der Waals surface area contributed by atoms with Crippen LogP contribution < -0.4 is 9.47 Å². The first-order valence-electron chi connectivity index (χ1n) is 10.6. The number of hydrogen-bond donors (Lipinski definition) is 0. The van der Waals surface area contributed by atoms with E-state index in [0.29, 0.717) is 28.3 Å². The lowest BCUT2D eigenvalue weighted by molar-refractivity contribution is -0.133. The number of carbonyl (C=O) groups excluding carboxylic acids is 2. The second-order valence-corrected chi connectivity index (χ2v) is 7.73. The van der Waals surface area contributed by atoms with E-state index in [1.807, 2.05) is 0 Å². The summed E-state index contributed by atoms with van der Waals surface area (Å²) in [4.78, 5) is 27.0. The summed E-state index contributed by atoms with van der Waals surface area (Å²) in [5.41, 5.74) is 1.56. The van der Waals surface area contributed by atoms with E-state index >= 15 is 0 Å². The molecular formula is C25H24FN3O5. The van der Waals surface area contributed by atoms with Gasteiger partial charge in [0.05, 0.1) is 32.2 Å². The second-order valence-electron chi connectivity index (χ2n) is 7.73. The van der Waals surface area contributed by atoms with E-state index in [-0.39, 0.29) is 18.7 Å². The first kappa shape index (κ1) is 23.0. The highest BCUT2D eigenvalue weighted by molar-refractivity contribution is 6.05. The Hall–Kier alpha value is -4.14. The van der Waals surface area contributed by atoms with Gasteiger partial charge in [0.1, 0.15) is 23.9 Å². The minimum Gasteiger partial charge on any atom is -0.497 e. The molecule has 176 valence electrons. The van der Waals surface area contributed by atoms with E-state index in [9.17, 15) is 14.0 Å². The number of hydrazone groups is 1. The van der Waals surface area contributed by atoms with Gasteiger partial charge < -0.3 is 18.8 Å². The van der Waals surface area contributed by atoms with Crippen molar-refractivity contribution in [3.05, 3.63) is 83.6 Å². The molecule has 2 amide bonds. The van der Waals surface area contributed by atoms with Crippen LogP contribution in [0.4, 0.5) is 4.39 Å². The Morgan fingerprint density at radius 2 is 1.94 bits per heavy atom. The van der Waals surface area contributed by atoms with Crippen LogP contribution in [0.1, 0.15) is 34.1 Å². The minimum atomic E-state index is -0.678. The van der Waals surface area contributed by atoms with Crippen LogP contribution in [0.15, 0.2) is 70.4 Å². The molecule has 8 nitrogen and oxygen atoms in total. The molecule has 9 heteroatoms. The zero-order valence-corrected chi connectivity index (χ0v) is 19.0. The van der Waals surface area contributed by atoms with Gasteiger partial charge in [-0.1, -0.05) is 18.2 Å². The third-order valence-corrected chi connectivity index (χ3v) is 5.60. The van der Waals surface area contributed by atoms with Crippen molar-refractivity contribution in [1.82, 2.24) is 9.91 Å². The van der Waals surface area contributed by atoms with E-state index < -0.39 is 23.7 Å². The van der Waals surface area contributed by atoms with Crippen molar-refractivity contribution in [2.75, 3.05) is 27.8 Å². The molecule has 0 aliphatic carbocycles. The number of methoxy groups -OCH3 is 2. The number of ether oxygens (including phenoxy) is 2. The van der Waals surface area contributed by atoms with Gasteiger partial charge in [0, 0.05) is 30.7 Å². The molecule has 3 aromatic rings. The number of hydrogen-bond acceptors (Lipinski definition) is 6. The lowest BCUT2D eigenvalue weighted by Crippen LogP contribution is -2.39. The maximum atomic E-state index is 14.7. The first-order chi connectivity index (χ1) is 16.4. The summed E-state index contributed by atoms with van der Waals surface area (Å²) in [7, 11) is 4.57. The van der Waals surface area contributed by atoms with Crippen LogP contribution in [0.2, 0.25) is 0 Å². The van der Waals surface area contributed by atoms with E-state index in [2.05, 4.69) is 5.10 Å². The third kappa shape index (κ3) is 4.50. The van der Waals surface area contributed by atoms with E-state index in [1.54, 1.807) is 49.6 Å². The molecule has 0 fully saturated rings. The van der Waals surface area contributed by atoms with Crippen molar-refractivity contribution in [2.45, 2.75) is 12.5 Å². The Labute approximate surface area is 196 Å². The standard InChI is InChI=1S/C25H24FN3O5/c1-28(25(31)22-9-6-12-34-22)15-24(30)29-21(17-7-4-5-8-19(17)26)14-20(27-29)18-11-10-16(32-2)13-23(18)33-3/h4-13,21H,14-15H2,1-3H3. The zero-order valence-electron chi connectivity index (χ0n) is 19.0. The monoisotopic (exact) mass is 465 g/mol. The van der Waals surface area contributed by atoms with Gasteiger partial charge in [-0.2, -0.15) is 5.10 Å². The topological polar surface area (TPSA) is 84.6 Å². The SMILES string of the molecule is COc1ccc(C2=NN(C(=O)CN(C)C(=O)c3ccco3)C(c3ccccc3F)C2)c(OC)c1. The summed E-state index contributed by atoms with van der Waals surface area (Å²) >= 11 is 0. The number of benzene rings is 2. The molecule has 0 spiro atoms. The smallest absolute Gasteiger partial charge is 0.289 e. The Morgan fingerprint density at radius 3 is 2.62 bits per heavy atom. The van der Waals surface area contributed by atoms with Gasteiger partial charge in [-0.15, -0.1) is 0 Å². The fourth-order valence-corrected chi connectivity index (χ4v) is 3.86. The Balaban J connectivity index is 1.66. The van der Waals surface area contributed by atoms with Crippen molar-refractivity contribution < 1.29 is 27.9 Å². The molecule has 2 aromatic carbocycles. The summed E-state index contributed by atoms with van der Waals surface area (Å²) in [6.45, 7) is -0.263. The summed E-state index contributed by atoms with van der Waals surface area (Å²) in [5, 5.41) is 5.79. The van der Waals surface area contributed by atoms with Crippen LogP contribution in [0.5, 0.6) is 11.5 Å². The molecule has 4 rings (SSSR count). The molecule has 34 heavy (non-hydrogen) atoms. The van der Waals surface area contributed by atoms with E-state index in [1.165, 1.54) is 42.5 Å². The average Bonchev–Trinajstić information content (AvgIpc) is 3.54. The number of rotatable bonds is 7. The quantitative estimate of drug-likeness (QED) is 0.529. The number of amides is 2. The summed E-state index contributed by atoms with van der Waals surface area (Å²) in [5.74, 6) is -0.0993. The molecule has 1 aliphatic heterocycles. The lowest BCUT2D eigenvalue weighted by Gasteiger charge is -2.24. The zero-order chi connectivity index (χ0) is 24.2. The van der Waals surface area contributed by atoms with Crippen LogP contribution in [-0.2, 0) is 4.79 Å². The molecule has 1 aromatic heterocycles. The Bertz CT molecular complexity index is 1230. The van der Waals surface area contributed by atoms with Crippen molar-refractivity contribution >= 4 is 17.5 Å². The molecule has 0 saturated carbocycles. The van der Waals surface area contributed by atoms with Crippen molar-refractivity contribution in [3.63, 3.8) is 0 Å². The number of carbonyl (C=O) groups is 2. The van der Waals surface area contributed by atoms with Crippen LogP contribution >= 0.6 is 0 Å². The molecule has 1 unspecified atom stereocenters. The van der Waals surface area contributed by atoms with Crippen molar-refractivity contribution in [3.8, 4) is 11.5 Å². The average molecular weight is 465 g/mol. The number of furan rings is 1. The minimum absolute atomic E-state index is 0.120. The summed E-state index contributed by atoms with van der Waals surface area (Å²) in [6.07, 6.45) is 1.65. The van der Waals surface area contributed by atoms with Gasteiger partial charge in [-0.3, -0.25) is 9.59 Å². The number of halogens is 1. The largest absolute Gasteiger partial charge is 0.497 e. The van der Waals surface area contributed by atoms with Gasteiger partial charge in [-0.05, 0) is 30.3 Å². The maximum Gasteiger partial charge on any atom is 0.289 e. The molecule has 0 N–H and O–H groups in total. The van der Waals surface area contributed by atoms with Crippen LogP contribution in [-0.4, -0.2) is 55.2 Å². The van der Waals surface area contributed by atoms with Gasteiger partial charge in [0.25, 0.3) is 11.8 Å². The van der Waals surface area contributed by atoms with Gasteiger partial charge >= 0.3 is 0 Å². The number of likely N-dealkylation sites (N-methyl/N-ethyl adjacent to an activating group) is 1. The van der Waals surface area contributed by atoms with Crippen LogP contribution in [0, 0.1) is 5.82 Å². The van der Waals surface area contributed by atoms with E-state index in [4.69, 9.17) is 13.9 Å². The normalized spacial score (nSPS) is 15.1. The lowest BCUT2D eigenvalue weighted by atomic mass is 9.97. The Morgan fingerprint density at radius 1 is 1.15 bits per heavy atom. The molecule has 0 saturated heterocycles. The maximum absolute atomic E-state index is 14.7. The summed E-state index contributed by atoms with van der Waals surface area (Å²) in [6, 6.07) is 14.0. The highest BCUT2D eigenvalue weighted by atomic mass is 19.1. The molecule has 1 atom stereocenters. The molecule has 0 radical (unpaired) electrons. The molecule has 2 heterocycles. The predicted molar refractivity (Wildman–Crippen MR) is 122 cm³/mol. The first-order valence-corrected chi connectivity index (χ1v) is 10.6. The predicted octanol–water partition coefficient (Wildman–Crippen LogP) is 3.89. The van der Waals surface area contributed by atoms with Crippen LogP contribution in [0.3, 0.4) is 0 Å². The number of nitrogens with zero attached hydrogens (tertiary/aromatic N) is 3. The third-order valence-electron chi connectivity index (χ3n) is 5.60. The summed E-state index contributed by atoms with van der Waals surface area (Å²) < 4.78 is 30.6. The highest BCUT2D eigenvalue weighted by Gasteiger charge is 2.36. The highest BCUT2D eigenvalue weighted by Crippen LogP contribution is 2.37. The van der Waals surface area contributed by atoms with Gasteiger partial charge in [0.2, 0.25) is 0 Å². The fourth-order valence-electron chi connectivity index (χ4n) is 3.86. The molecular weight excluding hydrogens is 441 g/mol. The van der Waals surface area contributed by atoms with Crippen molar-refractivity contribution in [2.24, 2.45) is 5.10 Å². The Kier molecular flexibility index (Phi) is 6.62. The van der Waals surface area contributed by atoms with Crippen LogP contribution in [0.25, 0.3) is 0 Å². The molecule has 1 aliphatic rings. The second kappa shape index (κ2) is 9.78. The van der Waals surface area contributed by atoms with Crippen molar-refractivity contribution in [1.29, 1.82) is 0 Å². The van der Waals surface area contributed by atoms with Gasteiger partial charge in [0.15, 0.2) is 5.76 Å².